The first-order chi connectivity index (χ1) is 6.31. The van der Waals surface area contributed by atoms with Gasteiger partial charge < -0.3 is 9.32 Å². The SMILES string of the molecule is Cc1cc(C(CC=O)C2CC2)no1. The average molecular weight is 179 g/mol. The van der Waals surface area contributed by atoms with Crippen LogP contribution in [-0.2, 0) is 4.79 Å². The smallest absolute Gasteiger partial charge is 0.133 e. The number of rotatable bonds is 4. The van der Waals surface area contributed by atoms with Crippen LogP contribution < -0.4 is 0 Å². The van der Waals surface area contributed by atoms with E-state index in [0.29, 0.717) is 18.3 Å². The molecule has 1 aliphatic rings. The van der Waals surface area contributed by atoms with Gasteiger partial charge in [-0.2, -0.15) is 0 Å². The molecule has 1 fully saturated rings. The van der Waals surface area contributed by atoms with Gasteiger partial charge in [-0.15, -0.1) is 0 Å². The summed E-state index contributed by atoms with van der Waals surface area (Å²) in [5.41, 5.74) is 0.951. The van der Waals surface area contributed by atoms with Crippen LogP contribution in [0.4, 0.5) is 0 Å². The number of hydrogen-bond donors (Lipinski definition) is 0. The molecule has 1 atom stereocenters. The van der Waals surface area contributed by atoms with Gasteiger partial charge in [0.05, 0.1) is 5.69 Å². The Kier molecular flexibility index (Phi) is 2.17. The van der Waals surface area contributed by atoms with Crippen LogP contribution in [0.1, 0.15) is 36.6 Å². The maximum atomic E-state index is 10.5. The second kappa shape index (κ2) is 3.32. The Balaban J connectivity index is 2.14. The molecule has 1 saturated carbocycles. The highest BCUT2D eigenvalue weighted by atomic mass is 16.5. The predicted molar refractivity (Wildman–Crippen MR) is 47.4 cm³/mol. The maximum absolute atomic E-state index is 10.5. The lowest BCUT2D eigenvalue weighted by molar-refractivity contribution is -0.108. The molecule has 0 bridgehead atoms. The van der Waals surface area contributed by atoms with E-state index in [1.54, 1.807) is 0 Å². The summed E-state index contributed by atoms with van der Waals surface area (Å²) in [4.78, 5) is 10.5. The van der Waals surface area contributed by atoms with Crippen molar-refractivity contribution in [1.29, 1.82) is 0 Å². The molecule has 0 saturated heterocycles. The Morgan fingerprint density at radius 3 is 3.00 bits per heavy atom. The lowest BCUT2D eigenvalue weighted by Gasteiger charge is -2.07. The molecule has 0 N–H and O–H groups in total. The van der Waals surface area contributed by atoms with Crippen LogP contribution in [0.5, 0.6) is 0 Å². The highest BCUT2D eigenvalue weighted by molar-refractivity contribution is 5.51. The molecule has 0 spiro atoms. The summed E-state index contributed by atoms with van der Waals surface area (Å²) in [6.07, 6.45) is 4.01. The molecular weight excluding hydrogens is 166 g/mol. The number of aryl methyl sites for hydroxylation is 1. The molecule has 13 heavy (non-hydrogen) atoms. The van der Waals surface area contributed by atoms with Crippen LogP contribution in [0.2, 0.25) is 0 Å². The van der Waals surface area contributed by atoms with Crippen molar-refractivity contribution in [3.63, 3.8) is 0 Å². The summed E-state index contributed by atoms with van der Waals surface area (Å²) in [7, 11) is 0. The van der Waals surface area contributed by atoms with Gasteiger partial charge in [0.1, 0.15) is 12.0 Å². The standard InChI is InChI=1S/C10H13NO2/c1-7-6-10(11-13-7)9(4-5-12)8-2-3-8/h5-6,8-9H,2-4H2,1H3. The van der Waals surface area contributed by atoms with Crippen molar-refractivity contribution in [2.75, 3.05) is 0 Å². The fourth-order valence-corrected chi connectivity index (χ4v) is 1.72. The number of carbonyl (C=O) groups excluding carboxylic acids is 1. The highest BCUT2D eigenvalue weighted by Gasteiger charge is 2.33. The third-order valence-corrected chi connectivity index (χ3v) is 2.57. The zero-order valence-corrected chi connectivity index (χ0v) is 7.69. The molecule has 0 radical (unpaired) electrons. The molecule has 1 heterocycles. The summed E-state index contributed by atoms with van der Waals surface area (Å²) in [6, 6.07) is 1.94. The largest absolute Gasteiger partial charge is 0.361 e. The fourth-order valence-electron chi connectivity index (χ4n) is 1.72. The van der Waals surface area contributed by atoms with Gasteiger partial charge in [0.2, 0.25) is 0 Å². The molecule has 1 aromatic heterocycles. The molecule has 0 aliphatic heterocycles. The minimum atomic E-state index is 0.301. The van der Waals surface area contributed by atoms with E-state index >= 15 is 0 Å². The topological polar surface area (TPSA) is 43.1 Å². The van der Waals surface area contributed by atoms with Crippen molar-refractivity contribution in [2.24, 2.45) is 5.92 Å². The van der Waals surface area contributed by atoms with E-state index in [4.69, 9.17) is 4.52 Å². The van der Waals surface area contributed by atoms with Crippen LogP contribution >= 0.6 is 0 Å². The number of aromatic nitrogens is 1. The van der Waals surface area contributed by atoms with Gasteiger partial charge in [-0.25, -0.2) is 0 Å². The zero-order valence-electron chi connectivity index (χ0n) is 7.69. The first kappa shape index (κ1) is 8.48. The molecule has 1 aromatic rings. The monoisotopic (exact) mass is 179 g/mol. The molecule has 1 unspecified atom stereocenters. The Morgan fingerprint density at radius 1 is 1.77 bits per heavy atom. The molecule has 0 amide bonds. The quantitative estimate of drug-likeness (QED) is 0.664. The van der Waals surface area contributed by atoms with E-state index < -0.39 is 0 Å². The summed E-state index contributed by atoms with van der Waals surface area (Å²) < 4.78 is 5.00. The van der Waals surface area contributed by atoms with E-state index in [0.717, 1.165) is 17.7 Å². The molecule has 3 nitrogen and oxygen atoms in total. The molecule has 1 aliphatic carbocycles. The first-order valence-corrected chi connectivity index (χ1v) is 4.68. The van der Waals surface area contributed by atoms with Crippen LogP contribution in [0.25, 0.3) is 0 Å². The van der Waals surface area contributed by atoms with Gasteiger partial charge >= 0.3 is 0 Å². The van der Waals surface area contributed by atoms with Gasteiger partial charge in [0, 0.05) is 18.4 Å². The first-order valence-electron chi connectivity index (χ1n) is 4.68. The third-order valence-electron chi connectivity index (χ3n) is 2.57. The van der Waals surface area contributed by atoms with E-state index in [2.05, 4.69) is 5.16 Å². The molecule has 3 heteroatoms. The zero-order chi connectivity index (χ0) is 9.26. The number of carbonyl (C=O) groups is 1. The Morgan fingerprint density at radius 2 is 2.54 bits per heavy atom. The summed E-state index contributed by atoms with van der Waals surface area (Å²) in [5, 5.41) is 3.96. The second-order valence-corrected chi connectivity index (χ2v) is 3.71. The van der Waals surface area contributed by atoms with E-state index in [-0.39, 0.29) is 0 Å². The summed E-state index contributed by atoms with van der Waals surface area (Å²) >= 11 is 0. The molecule has 2 rings (SSSR count). The maximum Gasteiger partial charge on any atom is 0.133 e. The Bertz CT molecular complexity index is 302. The van der Waals surface area contributed by atoms with E-state index in [9.17, 15) is 4.79 Å². The number of nitrogens with zero attached hydrogens (tertiary/aromatic N) is 1. The Labute approximate surface area is 77.1 Å². The fraction of sp³-hybridized carbons (Fsp3) is 0.600. The van der Waals surface area contributed by atoms with Gasteiger partial charge in [0.25, 0.3) is 0 Å². The summed E-state index contributed by atoms with van der Waals surface area (Å²) in [5.74, 6) is 1.79. The van der Waals surface area contributed by atoms with Crippen LogP contribution in [0, 0.1) is 12.8 Å². The lowest BCUT2D eigenvalue weighted by atomic mass is 9.96. The van der Waals surface area contributed by atoms with E-state index in [1.807, 2.05) is 13.0 Å². The minimum absolute atomic E-state index is 0.301. The van der Waals surface area contributed by atoms with Gasteiger partial charge in [-0.05, 0) is 25.7 Å². The minimum Gasteiger partial charge on any atom is -0.361 e. The van der Waals surface area contributed by atoms with Crippen molar-refractivity contribution in [2.45, 2.75) is 32.1 Å². The van der Waals surface area contributed by atoms with Gasteiger partial charge in [0.15, 0.2) is 0 Å². The van der Waals surface area contributed by atoms with Crippen molar-refractivity contribution >= 4 is 6.29 Å². The molecule has 70 valence electrons. The average Bonchev–Trinajstić information content (AvgIpc) is 2.85. The number of aldehydes is 1. The number of hydrogen-bond acceptors (Lipinski definition) is 3. The van der Waals surface area contributed by atoms with Gasteiger partial charge in [-0.1, -0.05) is 5.16 Å². The normalized spacial score (nSPS) is 18.5. The van der Waals surface area contributed by atoms with Crippen LogP contribution in [0.3, 0.4) is 0 Å². The van der Waals surface area contributed by atoms with Crippen molar-refractivity contribution in [3.8, 4) is 0 Å². The van der Waals surface area contributed by atoms with Crippen LogP contribution in [-0.4, -0.2) is 11.4 Å². The van der Waals surface area contributed by atoms with E-state index in [1.165, 1.54) is 12.8 Å². The molecular formula is C10H13NO2. The second-order valence-electron chi connectivity index (χ2n) is 3.71. The Hall–Kier alpha value is -1.12. The summed E-state index contributed by atoms with van der Waals surface area (Å²) in [6.45, 7) is 1.88. The van der Waals surface area contributed by atoms with Crippen molar-refractivity contribution < 1.29 is 9.32 Å². The predicted octanol–water partition coefficient (Wildman–Crippen LogP) is 2.07. The lowest BCUT2D eigenvalue weighted by Crippen LogP contribution is -2.02. The van der Waals surface area contributed by atoms with Gasteiger partial charge in [-0.3, -0.25) is 0 Å². The van der Waals surface area contributed by atoms with Crippen molar-refractivity contribution in [3.05, 3.63) is 17.5 Å². The van der Waals surface area contributed by atoms with Crippen molar-refractivity contribution in [1.82, 2.24) is 5.16 Å². The van der Waals surface area contributed by atoms with Crippen LogP contribution in [0.15, 0.2) is 10.6 Å². The highest BCUT2D eigenvalue weighted by Crippen LogP contribution is 2.43. The third kappa shape index (κ3) is 1.79. The molecule has 0 aromatic carbocycles.